The molecule has 0 fully saturated rings. The zero-order valence-electron chi connectivity index (χ0n) is 10.6. The average Bonchev–Trinajstić information content (AvgIpc) is 2.80. The number of rotatable bonds is 6. The lowest BCUT2D eigenvalue weighted by Gasteiger charge is -2.07. The van der Waals surface area contributed by atoms with E-state index in [1.54, 1.807) is 0 Å². The van der Waals surface area contributed by atoms with E-state index in [4.69, 9.17) is 11.2 Å². The Bertz CT molecular complexity index is 551. The Hall–Kier alpha value is -1.92. The van der Waals surface area contributed by atoms with Crippen LogP contribution in [0.4, 0.5) is 0 Å². The molecule has 0 aliphatic carbocycles. The second-order valence-corrected chi connectivity index (χ2v) is 4.01. The molecule has 2 aromatic rings. The van der Waals surface area contributed by atoms with Crippen molar-refractivity contribution in [2.45, 2.75) is 13.5 Å². The summed E-state index contributed by atoms with van der Waals surface area (Å²) in [4.78, 5) is 0. The van der Waals surface area contributed by atoms with Gasteiger partial charge in [0, 0.05) is 24.7 Å². The Kier molecular flexibility index (Phi) is 4.27. The Morgan fingerprint density at radius 3 is 3.06 bits per heavy atom. The number of fused-ring (bicyclic) bond motifs is 1. The van der Waals surface area contributed by atoms with Gasteiger partial charge >= 0.3 is 0 Å². The molecule has 0 radical (unpaired) electrons. The Morgan fingerprint density at radius 1 is 1.39 bits per heavy atom. The van der Waals surface area contributed by atoms with Gasteiger partial charge in [-0.1, -0.05) is 12.0 Å². The molecule has 1 heterocycles. The molecular formula is C15H18N2O. The monoisotopic (exact) mass is 242 g/mol. The molecule has 2 rings (SSSR count). The molecule has 0 bridgehead atoms. The first-order chi connectivity index (χ1) is 8.86. The van der Waals surface area contributed by atoms with Crippen molar-refractivity contribution in [3.8, 4) is 18.1 Å². The number of hydrogen-bond donors (Lipinski definition) is 1. The van der Waals surface area contributed by atoms with E-state index < -0.39 is 0 Å². The minimum Gasteiger partial charge on any atom is -0.493 e. The number of terminal acetylenes is 1. The van der Waals surface area contributed by atoms with Gasteiger partial charge in [0.2, 0.25) is 0 Å². The molecule has 0 unspecified atom stereocenters. The maximum atomic E-state index is 5.62. The summed E-state index contributed by atoms with van der Waals surface area (Å²) in [6.45, 7) is 5.07. The van der Waals surface area contributed by atoms with Crippen molar-refractivity contribution in [2.75, 3.05) is 19.7 Å². The summed E-state index contributed by atoms with van der Waals surface area (Å²) in [5, 5.41) is 4.35. The van der Waals surface area contributed by atoms with E-state index in [9.17, 15) is 0 Å². The van der Waals surface area contributed by atoms with Crippen molar-refractivity contribution in [2.24, 2.45) is 0 Å². The van der Waals surface area contributed by atoms with Crippen molar-refractivity contribution in [1.82, 2.24) is 9.88 Å². The zero-order valence-corrected chi connectivity index (χ0v) is 10.6. The van der Waals surface area contributed by atoms with Crippen LogP contribution in [0, 0.1) is 12.3 Å². The number of aromatic nitrogens is 1. The number of nitrogens with one attached hydrogen (secondary N) is 1. The predicted octanol–water partition coefficient (Wildman–Crippen LogP) is 2.26. The highest BCUT2D eigenvalue weighted by molar-refractivity contribution is 5.86. The second-order valence-electron chi connectivity index (χ2n) is 4.01. The molecule has 3 nitrogen and oxygen atoms in total. The normalized spacial score (nSPS) is 10.4. The van der Waals surface area contributed by atoms with Gasteiger partial charge in [-0.05, 0) is 25.1 Å². The summed E-state index contributed by atoms with van der Waals surface area (Å²) >= 11 is 0. The van der Waals surface area contributed by atoms with Crippen LogP contribution < -0.4 is 10.1 Å². The van der Waals surface area contributed by atoms with Crippen LogP contribution in [-0.4, -0.2) is 24.3 Å². The van der Waals surface area contributed by atoms with Crippen molar-refractivity contribution in [3.63, 3.8) is 0 Å². The second kappa shape index (κ2) is 6.13. The minimum absolute atomic E-state index is 0.614. The van der Waals surface area contributed by atoms with Crippen LogP contribution in [0.15, 0.2) is 30.5 Å². The van der Waals surface area contributed by atoms with Crippen LogP contribution in [-0.2, 0) is 6.54 Å². The molecule has 1 aromatic carbocycles. The zero-order chi connectivity index (χ0) is 12.8. The molecule has 1 aromatic heterocycles. The van der Waals surface area contributed by atoms with Crippen LogP contribution in [0.3, 0.4) is 0 Å². The van der Waals surface area contributed by atoms with E-state index in [1.165, 1.54) is 5.52 Å². The summed E-state index contributed by atoms with van der Waals surface area (Å²) in [6, 6.07) is 8.24. The molecule has 18 heavy (non-hydrogen) atoms. The summed E-state index contributed by atoms with van der Waals surface area (Å²) in [5.74, 6) is 3.52. The molecule has 0 amide bonds. The molecule has 0 aliphatic heterocycles. The van der Waals surface area contributed by atoms with Crippen molar-refractivity contribution >= 4 is 10.9 Å². The third-order valence-electron chi connectivity index (χ3n) is 2.83. The van der Waals surface area contributed by atoms with Crippen LogP contribution in [0.1, 0.15) is 6.92 Å². The first-order valence-electron chi connectivity index (χ1n) is 6.21. The fraction of sp³-hybridized carbons (Fsp3) is 0.333. The molecule has 94 valence electrons. The number of hydrogen-bond acceptors (Lipinski definition) is 2. The molecule has 1 N–H and O–H groups in total. The van der Waals surface area contributed by atoms with E-state index in [1.807, 2.05) is 19.1 Å². The highest BCUT2D eigenvalue weighted by Gasteiger charge is 2.05. The van der Waals surface area contributed by atoms with E-state index in [0.29, 0.717) is 13.2 Å². The van der Waals surface area contributed by atoms with Gasteiger partial charge in [-0.15, -0.1) is 6.42 Å². The quantitative estimate of drug-likeness (QED) is 0.621. The van der Waals surface area contributed by atoms with Crippen LogP contribution in [0.2, 0.25) is 0 Å². The van der Waals surface area contributed by atoms with Gasteiger partial charge in [-0.2, -0.15) is 0 Å². The largest absolute Gasteiger partial charge is 0.493 e. The third-order valence-corrected chi connectivity index (χ3v) is 2.83. The summed E-state index contributed by atoms with van der Waals surface area (Å²) in [6.07, 6.45) is 7.28. The molecule has 0 atom stereocenters. The SMILES string of the molecule is C#CCNCCn1ccc2c(OCC)cccc21. The maximum Gasteiger partial charge on any atom is 0.128 e. The summed E-state index contributed by atoms with van der Waals surface area (Å²) in [5.41, 5.74) is 1.20. The third kappa shape index (κ3) is 2.66. The smallest absolute Gasteiger partial charge is 0.128 e. The van der Waals surface area contributed by atoms with E-state index in [0.717, 1.165) is 24.2 Å². The van der Waals surface area contributed by atoms with E-state index in [2.05, 4.69) is 34.1 Å². The molecule has 0 saturated heterocycles. The Labute approximate surface area is 108 Å². The van der Waals surface area contributed by atoms with Crippen molar-refractivity contribution < 1.29 is 4.74 Å². The Balaban J connectivity index is 2.15. The first kappa shape index (κ1) is 12.5. The van der Waals surface area contributed by atoms with Crippen molar-refractivity contribution in [1.29, 1.82) is 0 Å². The fourth-order valence-electron chi connectivity index (χ4n) is 2.03. The number of benzene rings is 1. The molecular weight excluding hydrogens is 224 g/mol. The van der Waals surface area contributed by atoms with E-state index in [-0.39, 0.29) is 0 Å². The van der Waals surface area contributed by atoms with Gasteiger partial charge in [-0.25, -0.2) is 0 Å². The Morgan fingerprint density at radius 2 is 2.28 bits per heavy atom. The maximum absolute atomic E-state index is 5.62. The van der Waals surface area contributed by atoms with Gasteiger partial charge < -0.3 is 14.6 Å². The average molecular weight is 242 g/mol. The molecule has 0 aliphatic rings. The highest BCUT2D eigenvalue weighted by atomic mass is 16.5. The van der Waals surface area contributed by atoms with Gasteiger partial charge in [0.05, 0.1) is 18.7 Å². The first-order valence-corrected chi connectivity index (χ1v) is 6.21. The predicted molar refractivity (Wildman–Crippen MR) is 74.8 cm³/mol. The van der Waals surface area contributed by atoms with E-state index >= 15 is 0 Å². The lowest BCUT2D eigenvalue weighted by molar-refractivity contribution is 0.344. The lowest BCUT2D eigenvalue weighted by atomic mass is 10.2. The van der Waals surface area contributed by atoms with Gasteiger partial charge in [-0.3, -0.25) is 0 Å². The van der Waals surface area contributed by atoms with Gasteiger partial charge in [0.25, 0.3) is 0 Å². The topological polar surface area (TPSA) is 26.2 Å². The van der Waals surface area contributed by atoms with Gasteiger partial charge in [0.1, 0.15) is 5.75 Å². The summed E-state index contributed by atoms with van der Waals surface area (Å²) < 4.78 is 7.83. The number of ether oxygens (including phenoxy) is 1. The standard InChI is InChI=1S/C15H18N2O/c1-3-9-16-10-12-17-11-8-13-14(17)6-5-7-15(13)18-4-2/h1,5-8,11,16H,4,9-10,12H2,2H3. The fourth-order valence-corrected chi connectivity index (χ4v) is 2.03. The van der Waals surface area contributed by atoms with Crippen LogP contribution >= 0.6 is 0 Å². The lowest BCUT2D eigenvalue weighted by Crippen LogP contribution is -2.19. The summed E-state index contributed by atoms with van der Waals surface area (Å²) in [7, 11) is 0. The molecule has 0 saturated carbocycles. The molecule has 0 spiro atoms. The van der Waals surface area contributed by atoms with Crippen molar-refractivity contribution in [3.05, 3.63) is 30.5 Å². The van der Waals surface area contributed by atoms with Gasteiger partial charge in [0.15, 0.2) is 0 Å². The highest BCUT2D eigenvalue weighted by Crippen LogP contribution is 2.26. The van der Waals surface area contributed by atoms with Crippen LogP contribution in [0.25, 0.3) is 10.9 Å². The molecule has 3 heteroatoms. The number of nitrogens with zero attached hydrogens (tertiary/aromatic N) is 1. The van der Waals surface area contributed by atoms with Crippen LogP contribution in [0.5, 0.6) is 5.75 Å². The minimum atomic E-state index is 0.614.